The number of hydrogen-bond donors (Lipinski definition) is 3. The van der Waals surface area contributed by atoms with Crippen molar-refractivity contribution in [1.29, 1.82) is 0 Å². The summed E-state index contributed by atoms with van der Waals surface area (Å²) in [6, 6.07) is -0.313. The lowest BCUT2D eigenvalue weighted by Gasteiger charge is -2.40. The van der Waals surface area contributed by atoms with Crippen LogP contribution in [0, 0.1) is 0 Å². The maximum Gasteiger partial charge on any atom is 0.320 e. The van der Waals surface area contributed by atoms with E-state index in [9.17, 15) is 9.90 Å². The fourth-order valence-electron chi connectivity index (χ4n) is 4.91. The Labute approximate surface area is 252 Å². The Morgan fingerprint density at radius 3 is 2.29 bits per heavy atom. The zero-order valence-electron chi connectivity index (χ0n) is 27.2. The summed E-state index contributed by atoms with van der Waals surface area (Å²) in [5, 5.41) is 15.7. The minimum atomic E-state index is -2.08. The van der Waals surface area contributed by atoms with Crippen LogP contribution in [0.15, 0.2) is 12.7 Å². The minimum absolute atomic E-state index is 0.0264. The zero-order valence-corrected chi connectivity index (χ0v) is 29.2. The molecule has 0 radical (unpaired) electrons. The number of rotatable bonds is 8. The van der Waals surface area contributed by atoms with Crippen molar-refractivity contribution >= 4 is 39.6 Å². The van der Waals surface area contributed by atoms with E-state index in [0.717, 1.165) is 12.8 Å². The van der Waals surface area contributed by atoms with Gasteiger partial charge >= 0.3 is 6.03 Å². The topological polar surface area (TPSA) is 133 Å². The fourth-order valence-corrected chi connectivity index (χ4v) is 7.28. The zero-order chi connectivity index (χ0) is 31.1. The molecule has 1 saturated carbocycles. The number of aliphatic hydroxyl groups is 1. The fraction of sp³-hybridized carbons (Fsp3) is 0.793. The van der Waals surface area contributed by atoms with E-state index < -0.39 is 16.6 Å². The SMILES string of the molecule is CC(C)(C)[Si](C)(C)OC[C@H]1O[C@@H](n2cnc3c(NC(=O)NC4CCC(O)CC4)ncnc32)C[C@@H]1O[Si](C)(C)C(C)(C)C. The predicted molar refractivity (Wildman–Crippen MR) is 169 cm³/mol. The van der Waals surface area contributed by atoms with Crippen LogP contribution >= 0.6 is 0 Å². The molecule has 13 heteroatoms. The summed E-state index contributed by atoms with van der Waals surface area (Å²) in [6.07, 6.45) is 5.69. The van der Waals surface area contributed by atoms with Gasteiger partial charge in [-0.15, -0.1) is 0 Å². The first kappa shape index (κ1) is 33.0. The van der Waals surface area contributed by atoms with Crippen molar-refractivity contribution in [2.24, 2.45) is 0 Å². The van der Waals surface area contributed by atoms with E-state index in [0.29, 0.717) is 42.9 Å². The van der Waals surface area contributed by atoms with Crippen LogP contribution in [-0.2, 0) is 13.6 Å². The molecule has 3 atom stereocenters. The molecule has 236 valence electrons. The lowest BCUT2D eigenvalue weighted by molar-refractivity contribution is -0.0383. The quantitative estimate of drug-likeness (QED) is 0.309. The van der Waals surface area contributed by atoms with Crippen LogP contribution in [0.25, 0.3) is 11.2 Å². The molecule has 0 bridgehead atoms. The van der Waals surface area contributed by atoms with Gasteiger partial charge in [-0.3, -0.25) is 9.88 Å². The smallest absolute Gasteiger partial charge is 0.320 e. The highest BCUT2D eigenvalue weighted by atomic mass is 28.4. The van der Waals surface area contributed by atoms with Crippen LogP contribution in [-0.4, -0.2) is 78.3 Å². The van der Waals surface area contributed by atoms with Gasteiger partial charge in [0.15, 0.2) is 33.6 Å². The van der Waals surface area contributed by atoms with Gasteiger partial charge in [0, 0.05) is 12.5 Å². The molecule has 3 N–H and O–H groups in total. The van der Waals surface area contributed by atoms with Crippen molar-refractivity contribution in [1.82, 2.24) is 24.8 Å². The molecular weight excluding hydrogens is 569 g/mol. The molecule has 3 heterocycles. The van der Waals surface area contributed by atoms with Gasteiger partial charge in [-0.25, -0.2) is 19.7 Å². The molecule has 1 saturated heterocycles. The number of carbonyl (C=O) groups excluding carboxylic acids is 1. The van der Waals surface area contributed by atoms with E-state index in [4.69, 9.17) is 13.6 Å². The van der Waals surface area contributed by atoms with E-state index in [2.05, 4.69) is 93.3 Å². The van der Waals surface area contributed by atoms with E-state index in [1.54, 1.807) is 6.33 Å². The first-order valence-electron chi connectivity index (χ1n) is 15.3. The van der Waals surface area contributed by atoms with E-state index in [1.807, 2.05) is 4.57 Å². The van der Waals surface area contributed by atoms with Crippen LogP contribution in [0.1, 0.15) is 79.9 Å². The van der Waals surface area contributed by atoms with Crippen LogP contribution in [0.2, 0.25) is 36.3 Å². The van der Waals surface area contributed by atoms with Gasteiger partial charge in [-0.05, 0) is 61.9 Å². The molecule has 11 nitrogen and oxygen atoms in total. The van der Waals surface area contributed by atoms with Gasteiger partial charge in [0.25, 0.3) is 0 Å². The van der Waals surface area contributed by atoms with Crippen molar-refractivity contribution < 1.29 is 23.5 Å². The summed E-state index contributed by atoms with van der Waals surface area (Å²) in [5.41, 5.74) is 1.08. The summed E-state index contributed by atoms with van der Waals surface area (Å²) in [6.45, 7) is 23.0. The average molecular weight is 621 g/mol. The third kappa shape index (κ3) is 7.41. The van der Waals surface area contributed by atoms with E-state index in [1.165, 1.54) is 6.33 Å². The number of urea groups is 1. The standard InChI is InChI=1S/C29H52N6O5Si2/c1-28(2,3)41(7,8)38-16-22-21(40-42(9,10)29(4,5)6)15-23(39-22)35-18-32-24-25(30-17-31-26(24)35)34-27(37)33-19-11-13-20(36)14-12-19/h17-23,36H,11-16H2,1-10H3,(H2,30,31,33,34,37)/t19?,20?,21-,22+,23+/m0/s1. The summed E-state index contributed by atoms with van der Waals surface area (Å²) < 4.78 is 22.1. The molecule has 1 aliphatic carbocycles. The number of aromatic nitrogens is 4. The third-order valence-corrected chi connectivity index (χ3v) is 18.8. The Kier molecular flexibility index (Phi) is 9.61. The highest BCUT2D eigenvalue weighted by Gasteiger charge is 2.47. The molecule has 2 aromatic rings. The minimum Gasteiger partial charge on any atom is -0.414 e. The average Bonchev–Trinajstić information content (AvgIpc) is 3.47. The lowest BCUT2D eigenvalue weighted by Crippen LogP contribution is -2.48. The predicted octanol–water partition coefficient (Wildman–Crippen LogP) is 5.95. The van der Waals surface area contributed by atoms with Crippen LogP contribution in [0.4, 0.5) is 10.6 Å². The number of hydrogen-bond acceptors (Lipinski definition) is 8. The second kappa shape index (κ2) is 12.2. The van der Waals surface area contributed by atoms with Gasteiger partial charge in [-0.1, -0.05) is 41.5 Å². The van der Waals surface area contributed by atoms with Crippen LogP contribution in [0.3, 0.4) is 0 Å². The number of carbonyl (C=O) groups is 1. The number of nitrogens with zero attached hydrogens (tertiary/aromatic N) is 4. The number of aliphatic hydroxyl groups excluding tert-OH is 1. The Balaban J connectivity index is 1.52. The molecule has 1 aliphatic heterocycles. The number of amides is 2. The van der Waals surface area contributed by atoms with E-state index in [-0.39, 0.29) is 46.7 Å². The summed E-state index contributed by atoms with van der Waals surface area (Å²) in [5.74, 6) is 0.344. The highest BCUT2D eigenvalue weighted by Crippen LogP contribution is 2.43. The molecule has 2 fully saturated rings. The van der Waals surface area contributed by atoms with Crippen molar-refractivity contribution in [2.45, 2.75) is 140 Å². The molecule has 2 amide bonds. The molecule has 0 aromatic carbocycles. The first-order valence-corrected chi connectivity index (χ1v) is 21.1. The van der Waals surface area contributed by atoms with Gasteiger partial charge in [-0.2, -0.15) is 0 Å². The Morgan fingerprint density at radius 2 is 1.67 bits per heavy atom. The van der Waals surface area contributed by atoms with Gasteiger partial charge in [0.1, 0.15) is 18.7 Å². The first-order chi connectivity index (χ1) is 19.4. The van der Waals surface area contributed by atoms with Gasteiger partial charge in [0.05, 0.1) is 25.1 Å². The van der Waals surface area contributed by atoms with Gasteiger partial charge in [0.2, 0.25) is 0 Å². The Hall–Kier alpha value is -1.91. The lowest BCUT2D eigenvalue weighted by atomic mass is 9.93. The second-order valence-corrected chi connectivity index (χ2v) is 24.6. The number of imidazole rings is 1. The number of ether oxygens (including phenoxy) is 1. The molecule has 0 spiro atoms. The van der Waals surface area contributed by atoms with E-state index >= 15 is 0 Å². The molecule has 4 rings (SSSR count). The summed E-state index contributed by atoms with van der Waals surface area (Å²) in [7, 11) is -4.08. The Bertz CT molecular complexity index is 1230. The summed E-state index contributed by atoms with van der Waals surface area (Å²) >= 11 is 0. The van der Waals surface area contributed by atoms with Crippen molar-refractivity contribution in [3.8, 4) is 0 Å². The number of nitrogens with one attached hydrogen (secondary N) is 2. The normalized spacial score (nSPS) is 26.0. The van der Waals surface area contributed by atoms with Crippen LogP contribution in [0.5, 0.6) is 0 Å². The maximum atomic E-state index is 12.8. The molecule has 2 aliphatic rings. The second-order valence-electron chi connectivity index (χ2n) is 15.0. The number of anilines is 1. The van der Waals surface area contributed by atoms with Crippen molar-refractivity contribution in [3.63, 3.8) is 0 Å². The third-order valence-electron chi connectivity index (χ3n) is 9.78. The van der Waals surface area contributed by atoms with Crippen molar-refractivity contribution in [2.75, 3.05) is 11.9 Å². The largest absolute Gasteiger partial charge is 0.414 e. The van der Waals surface area contributed by atoms with Crippen LogP contribution < -0.4 is 10.6 Å². The molecule has 2 aromatic heterocycles. The molecule has 0 unspecified atom stereocenters. The number of fused-ring (bicyclic) bond motifs is 1. The highest BCUT2D eigenvalue weighted by molar-refractivity contribution is 6.74. The maximum absolute atomic E-state index is 12.8. The Morgan fingerprint density at radius 1 is 1.02 bits per heavy atom. The van der Waals surface area contributed by atoms with Gasteiger partial charge < -0.3 is 24.0 Å². The monoisotopic (exact) mass is 620 g/mol. The molecule has 42 heavy (non-hydrogen) atoms. The molecular formula is C29H52N6O5Si2. The van der Waals surface area contributed by atoms with Crippen molar-refractivity contribution in [3.05, 3.63) is 12.7 Å². The summed E-state index contributed by atoms with van der Waals surface area (Å²) in [4.78, 5) is 26.2.